The van der Waals surface area contributed by atoms with Crippen LogP contribution in [0, 0.1) is 13.8 Å². The van der Waals surface area contributed by atoms with Gasteiger partial charge in [0.25, 0.3) is 5.22 Å². The van der Waals surface area contributed by atoms with Gasteiger partial charge in [-0.3, -0.25) is 10.1 Å². The number of imide groups is 1. The molecule has 1 heterocycles. The number of amides is 3. The summed E-state index contributed by atoms with van der Waals surface area (Å²) in [6.45, 7) is 5.64. The Labute approximate surface area is 138 Å². The van der Waals surface area contributed by atoms with Crippen LogP contribution in [-0.2, 0) is 4.79 Å². The second kappa shape index (κ2) is 7.28. The van der Waals surface area contributed by atoms with Crippen LogP contribution in [0.3, 0.4) is 0 Å². The minimum absolute atomic E-state index is 0.277. The average Bonchev–Trinajstić information content (AvgIpc) is 2.94. The minimum atomic E-state index is -0.552. The molecule has 0 unspecified atom stereocenters. The Morgan fingerprint density at radius 1 is 1.17 bits per heavy atom. The Hall–Kier alpha value is -2.35. The lowest BCUT2D eigenvalue weighted by atomic mass is 10.1. The van der Waals surface area contributed by atoms with Crippen molar-refractivity contribution in [3.05, 3.63) is 29.3 Å². The molecule has 0 saturated heterocycles. The third kappa shape index (κ3) is 4.56. The van der Waals surface area contributed by atoms with E-state index in [0.717, 1.165) is 28.5 Å². The molecule has 0 spiro atoms. The summed E-state index contributed by atoms with van der Waals surface area (Å²) in [5.74, 6) is -0.0290. The van der Waals surface area contributed by atoms with Gasteiger partial charge in [-0.25, -0.2) is 4.79 Å². The maximum Gasteiger partial charge on any atom is 0.321 e. The molecule has 0 radical (unpaired) electrons. The molecule has 1 aromatic heterocycles. The lowest BCUT2D eigenvalue weighted by molar-refractivity contribution is -0.119. The lowest BCUT2D eigenvalue weighted by Gasteiger charge is -2.07. The summed E-state index contributed by atoms with van der Waals surface area (Å²) in [5.41, 5.74) is 3.04. The third-order valence-electron chi connectivity index (χ3n) is 2.99. The largest absolute Gasteiger partial charge is 0.411 e. The predicted molar refractivity (Wildman–Crippen MR) is 87.1 cm³/mol. The summed E-state index contributed by atoms with van der Waals surface area (Å²) in [7, 11) is 1.44. The molecule has 7 nitrogen and oxygen atoms in total. The van der Waals surface area contributed by atoms with Gasteiger partial charge in [-0.1, -0.05) is 29.0 Å². The molecule has 3 amide bonds. The molecule has 122 valence electrons. The average molecular weight is 334 g/mol. The van der Waals surface area contributed by atoms with Gasteiger partial charge in [-0.15, -0.1) is 10.2 Å². The first-order valence-electron chi connectivity index (χ1n) is 7.00. The van der Waals surface area contributed by atoms with Gasteiger partial charge in [0.1, 0.15) is 0 Å². The van der Waals surface area contributed by atoms with Crippen LogP contribution >= 0.6 is 11.8 Å². The number of aromatic nitrogens is 2. The van der Waals surface area contributed by atoms with Crippen LogP contribution in [0.25, 0.3) is 11.5 Å². The van der Waals surface area contributed by atoms with Gasteiger partial charge in [0, 0.05) is 12.6 Å². The maximum atomic E-state index is 11.8. The van der Waals surface area contributed by atoms with Crippen molar-refractivity contribution < 1.29 is 14.0 Å². The fourth-order valence-corrected chi connectivity index (χ4v) is 2.64. The number of carbonyl (C=O) groups is 2. The second-order valence-corrected chi connectivity index (χ2v) is 6.37. The van der Waals surface area contributed by atoms with Gasteiger partial charge in [0.2, 0.25) is 11.8 Å². The fourth-order valence-electron chi connectivity index (χ4n) is 1.95. The van der Waals surface area contributed by atoms with Crippen molar-refractivity contribution >= 4 is 23.7 Å². The van der Waals surface area contributed by atoms with Crippen LogP contribution < -0.4 is 10.6 Å². The van der Waals surface area contributed by atoms with E-state index >= 15 is 0 Å². The zero-order valence-corrected chi connectivity index (χ0v) is 14.2. The van der Waals surface area contributed by atoms with Gasteiger partial charge in [0.05, 0.1) is 5.25 Å². The number of hydrogen-bond acceptors (Lipinski definition) is 6. The smallest absolute Gasteiger partial charge is 0.321 e. The van der Waals surface area contributed by atoms with Crippen molar-refractivity contribution in [2.24, 2.45) is 0 Å². The molecule has 0 saturated carbocycles. The van der Waals surface area contributed by atoms with E-state index in [1.165, 1.54) is 7.05 Å². The SMILES string of the molecule is CNC(=O)NC(=O)[C@H](C)Sc1nnc(-c2cc(C)cc(C)c2)o1. The van der Waals surface area contributed by atoms with Gasteiger partial charge in [0.15, 0.2) is 0 Å². The van der Waals surface area contributed by atoms with E-state index in [0.29, 0.717) is 5.89 Å². The minimum Gasteiger partial charge on any atom is -0.411 e. The highest BCUT2D eigenvalue weighted by molar-refractivity contribution is 8.00. The van der Waals surface area contributed by atoms with Crippen molar-refractivity contribution in [2.45, 2.75) is 31.2 Å². The molecule has 0 fully saturated rings. The van der Waals surface area contributed by atoms with Gasteiger partial charge >= 0.3 is 6.03 Å². The standard InChI is InChI=1S/C15H18N4O3S/c1-8-5-9(2)7-11(6-8)13-18-19-15(22-13)23-10(3)12(20)17-14(21)16-4/h5-7,10H,1-4H3,(H2,16,17,20,21)/t10-/m0/s1. The Morgan fingerprint density at radius 3 is 2.43 bits per heavy atom. The Bertz CT molecular complexity index is 709. The van der Waals surface area contributed by atoms with E-state index < -0.39 is 17.2 Å². The van der Waals surface area contributed by atoms with Crippen LogP contribution in [0.5, 0.6) is 0 Å². The van der Waals surface area contributed by atoms with Gasteiger partial charge < -0.3 is 9.73 Å². The van der Waals surface area contributed by atoms with Crippen LogP contribution in [0.1, 0.15) is 18.1 Å². The fraction of sp³-hybridized carbons (Fsp3) is 0.333. The van der Waals surface area contributed by atoms with Crippen LogP contribution in [-0.4, -0.2) is 34.4 Å². The number of nitrogens with one attached hydrogen (secondary N) is 2. The number of benzene rings is 1. The van der Waals surface area contributed by atoms with Crippen LogP contribution in [0.4, 0.5) is 4.79 Å². The van der Waals surface area contributed by atoms with Gasteiger partial charge in [-0.05, 0) is 32.9 Å². The summed E-state index contributed by atoms with van der Waals surface area (Å²) >= 11 is 1.10. The number of thioether (sulfide) groups is 1. The van der Waals surface area contributed by atoms with Crippen molar-refractivity contribution in [2.75, 3.05) is 7.05 Å². The highest BCUT2D eigenvalue weighted by Crippen LogP contribution is 2.27. The molecule has 8 heteroatoms. The number of nitrogens with zero attached hydrogens (tertiary/aromatic N) is 2. The number of aryl methyl sites for hydroxylation is 2. The summed E-state index contributed by atoms with van der Waals surface area (Å²) in [6, 6.07) is 5.41. The Balaban J connectivity index is 2.07. The normalized spacial score (nSPS) is 11.8. The molecule has 0 bridgehead atoms. The van der Waals surface area contributed by atoms with Crippen molar-refractivity contribution in [1.29, 1.82) is 0 Å². The number of carbonyl (C=O) groups excluding carboxylic acids is 2. The molecule has 1 aromatic carbocycles. The zero-order valence-electron chi connectivity index (χ0n) is 13.3. The molecule has 1 atom stereocenters. The molecular formula is C15H18N4O3S. The second-order valence-electron chi connectivity index (χ2n) is 5.08. The predicted octanol–water partition coefficient (Wildman–Crippen LogP) is 2.29. The molecule has 23 heavy (non-hydrogen) atoms. The Morgan fingerprint density at radius 2 is 1.83 bits per heavy atom. The van der Waals surface area contributed by atoms with E-state index in [1.54, 1.807) is 6.92 Å². The van der Waals surface area contributed by atoms with E-state index in [1.807, 2.05) is 26.0 Å². The first-order chi connectivity index (χ1) is 10.9. The zero-order chi connectivity index (χ0) is 17.0. The molecule has 0 aliphatic heterocycles. The molecule has 2 N–H and O–H groups in total. The quantitative estimate of drug-likeness (QED) is 0.833. The molecule has 0 aliphatic rings. The van der Waals surface area contributed by atoms with Crippen molar-refractivity contribution in [3.63, 3.8) is 0 Å². The first kappa shape index (κ1) is 17.0. The van der Waals surface area contributed by atoms with Gasteiger partial charge in [-0.2, -0.15) is 0 Å². The topological polar surface area (TPSA) is 97.1 Å². The summed E-state index contributed by atoms with van der Waals surface area (Å²) in [5, 5.41) is 12.2. The van der Waals surface area contributed by atoms with Crippen LogP contribution in [0.2, 0.25) is 0 Å². The van der Waals surface area contributed by atoms with E-state index in [-0.39, 0.29) is 5.22 Å². The maximum absolute atomic E-state index is 11.8. The molecule has 0 aliphatic carbocycles. The highest BCUT2D eigenvalue weighted by Gasteiger charge is 2.20. The monoisotopic (exact) mass is 334 g/mol. The third-order valence-corrected chi connectivity index (χ3v) is 3.92. The van der Waals surface area contributed by atoms with Crippen molar-refractivity contribution in [1.82, 2.24) is 20.8 Å². The Kier molecular flexibility index (Phi) is 5.38. The summed E-state index contributed by atoms with van der Waals surface area (Å²) in [4.78, 5) is 22.9. The van der Waals surface area contributed by atoms with E-state index in [9.17, 15) is 9.59 Å². The molecular weight excluding hydrogens is 316 g/mol. The molecule has 2 rings (SSSR count). The van der Waals surface area contributed by atoms with E-state index in [4.69, 9.17) is 4.42 Å². The first-order valence-corrected chi connectivity index (χ1v) is 7.88. The lowest BCUT2D eigenvalue weighted by Crippen LogP contribution is -2.41. The summed E-state index contributed by atoms with van der Waals surface area (Å²) in [6.07, 6.45) is 0. The van der Waals surface area contributed by atoms with Crippen molar-refractivity contribution in [3.8, 4) is 11.5 Å². The number of hydrogen-bond donors (Lipinski definition) is 2. The summed E-state index contributed by atoms with van der Waals surface area (Å²) < 4.78 is 5.59. The number of rotatable bonds is 4. The number of urea groups is 1. The van der Waals surface area contributed by atoms with E-state index in [2.05, 4.69) is 26.9 Å². The highest BCUT2D eigenvalue weighted by atomic mass is 32.2. The van der Waals surface area contributed by atoms with Crippen LogP contribution in [0.15, 0.2) is 27.8 Å². The molecule has 2 aromatic rings.